The first-order chi connectivity index (χ1) is 8.97. The van der Waals surface area contributed by atoms with E-state index in [1.54, 1.807) is 0 Å². The first-order valence-electron chi connectivity index (χ1n) is 6.00. The van der Waals surface area contributed by atoms with E-state index in [4.69, 9.17) is 26.9 Å². The number of halogens is 2. The molecular weight excluding hydrogens is 307 g/mol. The second kappa shape index (κ2) is 6.97. The average Bonchev–Trinajstić information content (AvgIpc) is 2.67. The van der Waals surface area contributed by atoms with Crippen molar-refractivity contribution in [3.8, 4) is 0 Å². The Morgan fingerprint density at radius 1 is 1.35 bits per heavy atom. The Balaban J connectivity index is 0.00000200. The maximum absolute atomic E-state index is 12.2. The van der Waals surface area contributed by atoms with Crippen molar-refractivity contribution >= 4 is 35.9 Å². The van der Waals surface area contributed by atoms with Crippen molar-refractivity contribution in [1.29, 1.82) is 0 Å². The SMILES string of the molecule is Cl.N[C@@H]1CC[C@H](C(=O)O)CN(C(=O)c2ccc(Cl)o2)C1. The van der Waals surface area contributed by atoms with Gasteiger partial charge in [-0.3, -0.25) is 9.59 Å². The Hall–Kier alpha value is -1.24. The molecule has 1 aliphatic rings. The third-order valence-corrected chi connectivity index (χ3v) is 3.41. The summed E-state index contributed by atoms with van der Waals surface area (Å²) in [4.78, 5) is 24.7. The maximum atomic E-state index is 12.2. The predicted molar refractivity (Wildman–Crippen MR) is 75.2 cm³/mol. The van der Waals surface area contributed by atoms with Crippen LogP contribution in [-0.2, 0) is 4.79 Å². The van der Waals surface area contributed by atoms with E-state index in [0.29, 0.717) is 19.4 Å². The van der Waals surface area contributed by atoms with Crippen molar-refractivity contribution in [1.82, 2.24) is 4.90 Å². The maximum Gasteiger partial charge on any atom is 0.308 e. The molecule has 1 fully saturated rings. The largest absolute Gasteiger partial charge is 0.481 e. The van der Waals surface area contributed by atoms with E-state index in [0.717, 1.165) is 0 Å². The summed E-state index contributed by atoms with van der Waals surface area (Å²) >= 11 is 5.63. The standard InChI is InChI=1S/C12H15ClN2O4.ClH/c13-10-4-3-9(19-10)11(16)15-5-7(12(17)18)1-2-8(14)6-15;/h3-4,7-8H,1-2,5-6,14H2,(H,17,18);1H/t7-,8+;/m0./s1. The Morgan fingerprint density at radius 2 is 2.05 bits per heavy atom. The molecule has 0 saturated carbocycles. The number of carboxylic acid groups (broad SMARTS) is 1. The fourth-order valence-electron chi connectivity index (χ4n) is 2.17. The van der Waals surface area contributed by atoms with Gasteiger partial charge in [-0.25, -0.2) is 0 Å². The fraction of sp³-hybridized carbons (Fsp3) is 0.500. The van der Waals surface area contributed by atoms with Crippen LogP contribution < -0.4 is 5.73 Å². The summed E-state index contributed by atoms with van der Waals surface area (Å²) in [6, 6.07) is 2.72. The predicted octanol–water partition coefficient (Wildman–Crippen LogP) is 1.62. The summed E-state index contributed by atoms with van der Waals surface area (Å²) in [7, 11) is 0. The second-order valence-corrected chi connectivity index (χ2v) is 5.06. The summed E-state index contributed by atoms with van der Waals surface area (Å²) in [6.45, 7) is 0.459. The van der Waals surface area contributed by atoms with E-state index in [9.17, 15) is 9.59 Å². The summed E-state index contributed by atoms with van der Waals surface area (Å²) in [5.74, 6) is -1.79. The number of likely N-dealkylation sites (tertiary alicyclic amines) is 1. The van der Waals surface area contributed by atoms with Gasteiger partial charge in [-0.2, -0.15) is 0 Å². The van der Waals surface area contributed by atoms with Crippen molar-refractivity contribution < 1.29 is 19.1 Å². The van der Waals surface area contributed by atoms with Gasteiger partial charge in [-0.15, -0.1) is 12.4 Å². The van der Waals surface area contributed by atoms with Gasteiger partial charge in [-0.05, 0) is 36.6 Å². The lowest BCUT2D eigenvalue weighted by molar-refractivity contribution is -0.142. The molecule has 0 radical (unpaired) electrons. The molecular formula is C12H16Cl2N2O4. The highest BCUT2D eigenvalue weighted by molar-refractivity contribution is 6.29. The highest BCUT2D eigenvalue weighted by Gasteiger charge is 2.30. The zero-order chi connectivity index (χ0) is 14.0. The summed E-state index contributed by atoms with van der Waals surface area (Å²) < 4.78 is 5.06. The van der Waals surface area contributed by atoms with Crippen molar-refractivity contribution in [2.75, 3.05) is 13.1 Å². The van der Waals surface area contributed by atoms with Crippen molar-refractivity contribution in [2.24, 2.45) is 11.7 Å². The number of carbonyl (C=O) groups excluding carboxylic acids is 1. The molecule has 1 aromatic rings. The third kappa shape index (κ3) is 3.88. The van der Waals surface area contributed by atoms with Gasteiger partial charge in [0.1, 0.15) is 0 Å². The second-order valence-electron chi connectivity index (χ2n) is 4.69. The molecule has 112 valence electrons. The van der Waals surface area contributed by atoms with Crippen LogP contribution in [-0.4, -0.2) is 41.0 Å². The minimum Gasteiger partial charge on any atom is -0.481 e. The van der Waals surface area contributed by atoms with Crippen LogP contribution in [0.15, 0.2) is 16.5 Å². The number of nitrogens with two attached hydrogens (primary N) is 1. The van der Waals surface area contributed by atoms with Crippen molar-refractivity contribution in [3.05, 3.63) is 23.1 Å². The number of furan rings is 1. The van der Waals surface area contributed by atoms with Crippen LogP contribution in [0.25, 0.3) is 0 Å². The Kier molecular flexibility index (Phi) is 5.86. The van der Waals surface area contributed by atoms with Crippen LogP contribution in [0.2, 0.25) is 5.22 Å². The molecule has 6 nitrogen and oxygen atoms in total. The number of rotatable bonds is 2. The van der Waals surface area contributed by atoms with Crippen molar-refractivity contribution in [3.63, 3.8) is 0 Å². The van der Waals surface area contributed by atoms with Gasteiger partial charge in [0.05, 0.1) is 5.92 Å². The summed E-state index contributed by atoms with van der Waals surface area (Å²) in [5, 5.41) is 9.22. The lowest BCUT2D eigenvalue weighted by atomic mass is 10.0. The minimum absolute atomic E-state index is 0. The molecule has 0 spiro atoms. The van der Waals surface area contributed by atoms with E-state index < -0.39 is 11.9 Å². The monoisotopic (exact) mass is 322 g/mol. The zero-order valence-corrected chi connectivity index (χ0v) is 12.2. The molecule has 1 saturated heterocycles. The molecule has 1 amide bonds. The molecule has 3 N–H and O–H groups in total. The van der Waals surface area contributed by atoms with Gasteiger partial charge < -0.3 is 20.2 Å². The molecule has 0 unspecified atom stereocenters. The van der Waals surface area contributed by atoms with Gasteiger partial charge in [0.2, 0.25) is 0 Å². The molecule has 2 atom stereocenters. The fourth-order valence-corrected chi connectivity index (χ4v) is 2.32. The zero-order valence-electron chi connectivity index (χ0n) is 10.6. The normalized spacial score (nSPS) is 22.8. The molecule has 0 aromatic carbocycles. The Labute approximate surface area is 127 Å². The molecule has 2 rings (SSSR count). The number of hydrogen-bond donors (Lipinski definition) is 2. The quantitative estimate of drug-likeness (QED) is 0.862. The molecule has 0 bridgehead atoms. The first kappa shape index (κ1) is 16.8. The molecule has 20 heavy (non-hydrogen) atoms. The summed E-state index contributed by atoms with van der Waals surface area (Å²) in [6.07, 6.45) is 1.05. The van der Waals surface area contributed by atoms with Crippen LogP contribution in [0.1, 0.15) is 23.4 Å². The minimum atomic E-state index is -0.913. The topological polar surface area (TPSA) is 96.8 Å². The number of nitrogens with zero attached hydrogens (tertiary/aromatic N) is 1. The Morgan fingerprint density at radius 3 is 2.60 bits per heavy atom. The van der Waals surface area contributed by atoms with Crippen LogP contribution in [0.4, 0.5) is 0 Å². The number of hydrogen-bond acceptors (Lipinski definition) is 4. The Bertz CT molecular complexity index is 492. The van der Waals surface area contributed by atoms with Crippen molar-refractivity contribution in [2.45, 2.75) is 18.9 Å². The molecule has 1 aromatic heterocycles. The molecule has 0 aliphatic carbocycles. The smallest absolute Gasteiger partial charge is 0.308 e. The number of amides is 1. The van der Waals surface area contributed by atoms with E-state index in [1.807, 2.05) is 0 Å². The number of aliphatic carboxylic acids is 1. The van der Waals surface area contributed by atoms with E-state index in [2.05, 4.69) is 0 Å². The third-order valence-electron chi connectivity index (χ3n) is 3.20. The molecule has 1 aliphatic heterocycles. The number of carboxylic acids is 1. The van der Waals surface area contributed by atoms with Crippen LogP contribution in [0, 0.1) is 5.92 Å². The lowest BCUT2D eigenvalue weighted by Gasteiger charge is -2.23. The highest BCUT2D eigenvalue weighted by Crippen LogP contribution is 2.20. The van der Waals surface area contributed by atoms with E-state index in [-0.39, 0.29) is 41.9 Å². The first-order valence-corrected chi connectivity index (χ1v) is 6.38. The van der Waals surface area contributed by atoms with Crippen LogP contribution >= 0.6 is 24.0 Å². The average molecular weight is 323 g/mol. The summed E-state index contributed by atoms with van der Waals surface area (Å²) in [5.41, 5.74) is 5.87. The highest BCUT2D eigenvalue weighted by atomic mass is 35.5. The van der Waals surface area contributed by atoms with Gasteiger partial charge in [0.25, 0.3) is 5.91 Å². The van der Waals surface area contributed by atoms with Gasteiger partial charge >= 0.3 is 5.97 Å². The van der Waals surface area contributed by atoms with E-state index >= 15 is 0 Å². The lowest BCUT2D eigenvalue weighted by Crippen LogP contribution is -2.41. The number of carbonyl (C=O) groups is 2. The van der Waals surface area contributed by atoms with Crippen LogP contribution in [0.3, 0.4) is 0 Å². The van der Waals surface area contributed by atoms with Gasteiger partial charge in [-0.1, -0.05) is 0 Å². The van der Waals surface area contributed by atoms with Gasteiger partial charge in [0, 0.05) is 19.1 Å². The molecule has 8 heteroatoms. The van der Waals surface area contributed by atoms with Crippen LogP contribution in [0.5, 0.6) is 0 Å². The van der Waals surface area contributed by atoms with Gasteiger partial charge in [0.15, 0.2) is 11.0 Å². The molecule has 2 heterocycles. The van der Waals surface area contributed by atoms with E-state index in [1.165, 1.54) is 17.0 Å².